The molecule has 1 amide bonds. The molecular formula is C28H39N5O2. The summed E-state index contributed by atoms with van der Waals surface area (Å²) in [6.07, 6.45) is 1.78. The number of carbonyl (C=O) groups is 1. The van der Waals surface area contributed by atoms with Gasteiger partial charge in [-0.1, -0.05) is 18.2 Å². The molecule has 188 valence electrons. The van der Waals surface area contributed by atoms with Crippen molar-refractivity contribution < 1.29 is 9.53 Å². The van der Waals surface area contributed by atoms with Gasteiger partial charge in [0.2, 0.25) is 0 Å². The highest BCUT2D eigenvalue weighted by molar-refractivity contribution is 5.88. The second-order valence-electron chi connectivity index (χ2n) is 10.6. The van der Waals surface area contributed by atoms with Crippen molar-refractivity contribution in [2.75, 3.05) is 31.5 Å². The lowest BCUT2D eigenvalue weighted by Gasteiger charge is -2.33. The van der Waals surface area contributed by atoms with Crippen LogP contribution in [0.1, 0.15) is 50.6 Å². The first-order valence-electron chi connectivity index (χ1n) is 12.6. The Labute approximate surface area is 208 Å². The summed E-state index contributed by atoms with van der Waals surface area (Å²) in [6, 6.07) is 15.4. The number of aromatic nitrogens is 2. The Kier molecular flexibility index (Phi) is 7.65. The molecule has 1 aliphatic rings. The maximum Gasteiger partial charge on any atom is 0.407 e. The second kappa shape index (κ2) is 10.7. The lowest BCUT2D eigenvalue weighted by molar-refractivity contribution is 0.0520. The Balaban J connectivity index is 1.37. The van der Waals surface area contributed by atoms with Gasteiger partial charge in [-0.3, -0.25) is 4.98 Å². The zero-order chi connectivity index (χ0) is 25.0. The number of alkyl carbamates (subject to hydrolysis) is 1. The summed E-state index contributed by atoms with van der Waals surface area (Å²) in [4.78, 5) is 19.0. The quantitative estimate of drug-likeness (QED) is 0.495. The molecule has 1 fully saturated rings. The van der Waals surface area contributed by atoms with Crippen molar-refractivity contribution in [2.24, 2.45) is 0 Å². The third-order valence-corrected chi connectivity index (χ3v) is 6.47. The van der Waals surface area contributed by atoms with Crippen LogP contribution in [0.5, 0.6) is 0 Å². The number of ether oxygens (including phenoxy) is 1. The molecule has 0 aliphatic carbocycles. The van der Waals surface area contributed by atoms with Crippen LogP contribution in [0.2, 0.25) is 0 Å². The molecule has 1 saturated heterocycles. The minimum absolute atomic E-state index is 0.347. The van der Waals surface area contributed by atoms with Crippen LogP contribution in [0.15, 0.2) is 42.5 Å². The number of aryl methyl sites for hydroxylation is 2. The zero-order valence-corrected chi connectivity index (χ0v) is 21.7. The van der Waals surface area contributed by atoms with Crippen molar-refractivity contribution in [3.05, 3.63) is 59.4 Å². The van der Waals surface area contributed by atoms with E-state index in [1.807, 2.05) is 33.8 Å². The van der Waals surface area contributed by atoms with E-state index >= 15 is 0 Å². The molecule has 0 bridgehead atoms. The van der Waals surface area contributed by atoms with Crippen LogP contribution in [0.25, 0.3) is 10.9 Å². The number of nitrogens with zero attached hydrogens (tertiary/aromatic N) is 3. The van der Waals surface area contributed by atoms with Crippen LogP contribution in [-0.4, -0.2) is 58.4 Å². The third kappa shape index (κ3) is 6.75. The second-order valence-corrected chi connectivity index (χ2v) is 10.6. The van der Waals surface area contributed by atoms with Gasteiger partial charge in [-0.15, -0.1) is 0 Å². The average molecular weight is 478 g/mol. The Hall–Kier alpha value is -3.06. The van der Waals surface area contributed by atoms with Crippen molar-refractivity contribution in [1.82, 2.24) is 19.8 Å². The Morgan fingerprint density at radius 2 is 1.86 bits per heavy atom. The fourth-order valence-electron chi connectivity index (χ4n) is 4.71. The molecule has 35 heavy (non-hydrogen) atoms. The van der Waals surface area contributed by atoms with Crippen LogP contribution >= 0.6 is 0 Å². The molecule has 0 atom stereocenters. The van der Waals surface area contributed by atoms with Crippen LogP contribution in [-0.2, 0) is 11.3 Å². The van der Waals surface area contributed by atoms with E-state index in [1.54, 1.807) is 0 Å². The van der Waals surface area contributed by atoms with Gasteiger partial charge in [0.25, 0.3) is 0 Å². The van der Waals surface area contributed by atoms with Gasteiger partial charge in [0.05, 0.1) is 17.8 Å². The van der Waals surface area contributed by atoms with Gasteiger partial charge in [0.1, 0.15) is 11.4 Å². The fraction of sp³-hybridized carbons (Fsp3) is 0.500. The maximum absolute atomic E-state index is 11.9. The number of amides is 1. The average Bonchev–Trinajstić information content (AvgIpc) is 3.12. The van der Waals surface area contributed by atoms with Gasteiger partial charge in [-0.2, -0.15) is 0 Å². The summed E-state index contributed by atoms with van der Waals surface area (Å²) in [7, 11) is 0. The van der Waals surface area contributed by atoms with E-state index < -0.39 is 5.60 Å². The molecule has 3 aromatic rings. The van der Waals surface area contributed by atoms with Gasteiger partial charge >= 0.3 is 6.09 Å². The predicted octanol–water partition coefficient (Wildman–Crippen LogP) is 5.10. The lowest BCUT2D eigenvalue weighted by Crippen LogP contribution is -2.43. The number of rotatable bonds is 7. The van der Waals surface area contributed by atoms with E-state index in [4.69, 9.17) is 9.72 Å². The Bertz CT molecular complexity index is 1160. The predicted molar refractivity (Wildman–Crippen MR) is 142 cm³/mol. The van der Waals surface area contributed by atoms with E-state index in [-0.39, 0.29) is 6.09 Å². The minimum Gasteiger partial charge on any atom is -0.444 e. The van der Waals surface area contributed by atoms with Gasteiger partial charge in [-0.05, 0) is 77.3 Å². The minimum atomic E-state index is -0.468. The molecule has 0 spiro atoms. The number of fused-ring (bicyclic) bond motifs is 1. The number of hydrogen-bond acceptors (Lipinski definition) is 5. The number of carbonyl (C=O) groups excluding carboxylic acids is 1. The highest BCUT2D eigenvalue weighted by Gasteiger charge is 2.22. The van der Waals surface area contributed by atoms with Crippen molar-refractivity contribution in [2.45, 2.75) is 65.6 Å². The van der Waals surface area contributed by atoms with Crippen LogP contribution in [0.4, 0.5) is 10.6 Å². The van der Waals surface area contributed by atoms with Crippen molar-refractivity contribution in [3.8, 4) is 0 Å². The molecule has 0 saturated carbocycles. The largest absolute Gasteiger partial charge is 0.444 e. The third-order valence-electron chi connectivity index (χ3n) is 6.47. The van der Waals surface area contributed by atoms with E-state index in [0.717, 1.165) is 56.2 Å². The molecule has 0 radical (unpaired) electrons. The Morgan fingerprint density at radius 1 is 1.11 bits per heavy atom. The molecule has 7 heteroatoms. The highest BCUT2D eigenvalue weighted by atomic mass is 16.6. The summed E-state index contributed by atoms with van der Waals surface area (Å²) in [6.45, 7) is 14.0. The van der Waals surface area contributed by atoms with Crippen molar-refractivity contribution >= 4 is 22.8 Å². The fourth-order valence-corrected chi connectivity index (χ4v) is 4.71. The number of piperidine rings is 1. The number of hydrogen-bond donors (Lipinski definition) is 2. The molecule has 2 aromatic heterocycles. The first kappa shape index (κ1) is 25.0. The number of anilines is 1. The monoisotopic (exact) mass is 477 g/mol. The molecule has 1 aromatic carbocycles. The lowest BCUT2D eigenvalue weighted by atomic mass is 10.1. The molecule has 4 rings (SSSR count). The van der Waals surface area contributed by atoms with Gasteiger partial charge < -0.3 is 24.8 Å². The molecular weight excluding hydrogens is 438 g/mol. The summed E-state index contributed by atoms with van der Waals surface area (Å²) < 4.78 is 7.68. The SMILES string of the molecule is Cc1cccc(Cn2c(NC3CCN(CCNC(=O)OC(C)(C)C)CC3)cc3c(C)cccc32)n1. The number of nitrogens with one attached hydrogen (secondary N) is 2. The number of benzene rings is 1. The molecule has 1 aliphatic heterocycles. The van der Waals surface area contributed by atoms with Gasteiger partial charge in [0, 0.05) is 43.3 Å². The Morgan fingerprint density at radius 3 is 2.57 bits per heavy atom. The van der Waals surface area contributed by atoms with Crippen LogP contribution in [0.3, 0.4) is 0 Å². The normalized spacial score (nSPS) is 15.3. The topological polar surface area (TPSA) is 71.4 Å². The van der Waals surface area contributed by atoms with Crippen molar-refractivity contribution in [3.63, 3.8) is 0 Å². The van der Waals surface area contributed by atoms with E-state index in [0.29, 0.717) is 12.6 Å². The zero-order valence-electron chi connectivity index (χ0n) is 21.7. The summed E-state index contributed by atoms with van der Waals surface area (Å²) >= 11 is 0. The highest BCUT2D eigenvalue weighted by Crippen LogP contribution is 2.29. The summed E-state index contributed by atoms with van der Waals surface area (Å²) in [5, 5.41) is 7.99. The smallest absolute Gasteiger partial charge is 0.407 e. The van der Waals surface area contributed by atoms with Crippen molar-refractivity contribution in [1.29, 1.82) is 0 Å². The standard InChI is InChI=1S/C28H39N5O2/c1-20-8-6-11-25-24(20)18-26(33(25)19-23-10-7-9-21(2)30-23)31-22-12-15-32(16-13-22)17-14-29-27(34)35-28(3,4)5/h6-11,18,22,31H,12-17,19H2,1-5H3,(H,29,34). The first-order chi connectivity index (χ1) is 16.7. The van der Waals surface area contributed by atoms with E-state index in [2.05, 4.69) is 63.4 Å². The molecule has 2 N–H and O–H groups in total. The first-order valence-corrected chi connectivity index (χ1v) is 12.6. The maximum atomic E-state index is 11.9. The number of likely N-dealkylation sites (tertiary alicyclic amines) is 1. The van der Waals surface area contributed by atoms with Crippen LogP contribution < -0.4 is 10.6 Å². The molecule has 3 heterocycles. The van der Waals surface area contributed by atoms with E-state index in [9.17, 15) is 4.79 Å². The molecule has 0 unspecified atom stereocenters. The van der Waals surface area contributed by atoms with Gasteiger partial charge in [0.15, 0.2) is 0 Å². The van der Waals surface area contributed by atoms with Gasteiger partial charge in [-0.25, -0.2) is 4.79 Å². The van der Waals surface area contributed by atoms with Crippen LogP contribution in [0, 0.1) is 13.8 Å². The summed E-state index contributed by atoms with van der Waals surface area (Å²) in [5.41, 5.74) is 4.16. The van der Waals surface area contributed by atoms with E-state index in [1.165, 1.54) is 16.5 Å². The number of pyridine rings is 1. The summed E-state index contributed by atoms with van der Waals surface area (Å²) in [5.74, 6) is 1.16. The molecule has 7 nitrogen and oxygen atoms in total.